The van der Waals surface area contributed by atoms with Crippen LogP contribution in [0.1, 0.15) is 49.9 Å². The first kappa shape index (κ1) is 16.7. The number of rotatable bonds is 4. The molecule has 134 valence electrons. The smallest absolute Gasteiger partial charge is 0.252 e. The summed E-state index contributed by atoms with van der Waals surface area (Å²) in [6.07, 6.45) is 6.93. The number of anilines is 1. The molecule has 4 rings (SSSR count). The van der Waals surface area contributed by atoms with Gasteiger partial charge in [0.05, 0.1) is 12.8 Å². The number of fused-ring (bicyclic) bond motifs is 2. The van der Waals surface area contributed by atoms with Crippen molar-refractivity contribution in [2.75, 3.05) is 11.9 Å². The quantitative estimate of drug-likeness (QED) is 0.835. The zero-order chi connectivity index (χ0) is 18.1. The van der Waals surface area contributed by atoms with E-state index in [0.29, 0.717) is 18.3 Å². The predicted octanol–water partition coefficient (Wildman–Crippen LogP) is 1.24. The van der Waals surface area contributed by atoms with Gasteiger partial charge < -0.3 is 15.4 Å². The topological polar surface area (TPSA) is 124 Å². The summed E-state index contributed by atoms with van der Waals surface area (Å²) in [7, 11) is 0. The van der Waals surface area contributed by atoms with Gasteiger partial charge in [0, 0.05) is 12.1 Å². The number of ether oxygens (including phenoxy) is 1. The van der Waals surface area contributed by atoms with Gasteiger partial charge in [0.1, 0.15) is 23.6 Å². The second-order valence-corrected chi connectivity index (χ2v) is 7.43. The van der Waals surface area contributed by atoms with Gasteiger partial charge in [0.2, 0.25) is 0 Å². The first-order valence-corrected chi connectivity index (χ1v) is 9.00. The van der Waals surface area contributed by atoms with Crippen molar-refractivity contribution in [1.82, 2.24) is 15.3 Å². The fourth-order valence-corrected chi connectivity index (χ4v) is 4.17. The lowest BCUT2D eigenvalue weighted by Gasteiger charge is -2.39. The fourth-order valence-electron chi connectivity index (χ4n) is 4.17. The molecule has 1 aliphatic heterocycles. The number of nitriles is 2. The summed E-state index contributed by atoms with van der Waals surface area (Å²) in [5.74, 6) is 1.05. The Morgan fingerprint density at radius 2 is 2.08 bits per heavy atom. The second-order valence-electron chi connectivity index (χ2n) is 7.43. The molecule has 2 bridgehead atoms. The summed E-state index contributed by atoms with van der Waals surface area (Å²) >= 11 is 0. The van der Waals surface area contributed by atoms with Crippen molar-refractivity contribution in [2.24, 2.45) is 5.92 Å². The van der Waals surface area contributed by atoms with E-state index in [0.717, 1.165) is 32.1 Å². The molecule has 0 radical (unpaired) electrons. The predicted molar refractivity (Wildman–Crippen MR) is 90.7 cm³/mol. The molecule has 3 aliphatic rings. The lowest BCUT2D eigenvalue weighted by Crippen LogP contribution is -2.56. The molecule has 3 fully saturated rings. The molecule has 0 spiro atoms. The minimum atomic E-state index is -0.596. The Morgan fingerprint density at radius 3 is 2.85 bits per heavy atom. The largest absolute Gasteiger partial charge is 0.366 e. The Labute approximate surface area is 151 Å². The van der Waals surface area contributed by atoms with Crippen LogP contribution < -0.4 is 10.6 Å². The molecular formula is C18H20N6O2. The molecule has 1 aromatic heterocycles. The highest BCUT2D eigenvalue weighted by Gasteiger charge is 2.49. The number of amides is 1. The van der Waals surface area contributed by atoms with Gasteiger partial charge in [-0.25, -0.2) is 9.97 Å². The number of nitrogens with zero attached hydrogens (tertiary/aromatic N) is 4. The van der Waals surface area contributed by atoms with Crippen LogP contribution in [0, 0.1) is 28.6 Å². The van der Waals surface area contributed by atoms with Gasteiger partial charge in [-0.15, -0.1) is 0 Å². The first-order valence-electron chi connectivity index (χ1n) is 9.00. The van der Waals surface area contributed by atoms with Gasteiger partial charge >= 0.3 is 0 Å². The van der Waals surface area contributed by atoms with E-state index in [1.54, 1.807) is 0 Å². The molecule has 2 N–H and O–H groups in total. The number of nitrogens with one attached hydrogen (secondary N) is 2. The van der Waals surface area contributed by atoms with Crippen LogP contribution in [0.25, 0.3) is 0 Å². The molecule has 2 heterocycles. The number of hydrogen-bond acceptors (Lipinski definition) is 7. The van der Waals surface area contributed by atoms with Crippen LogP contribution in [-0.2, 0) is 9.53 Å². The van der Waals surface area contributed by atoms with Crippen LogP contribution in [0.4, 0.5) is 5.82 Å². The molecule has 1 saturated heterocycles. The number of aromatic nitrogens is 2. The lowest BCUT2D eigenvalue weighted by molar-refractivity contribution is -0.143. The van der Waals surface area contributed by atoms with Crippen LogP contribution in [0.5, 0.6) is 0 Å². The summed E-state index contributed by atoms with van der Waals surface area (Å²) in [5.41, 5.74) is -0.550. The fraction of sp³-hybridized carbons (Fsp3) is 0.611. The molecule has 8 nitrogen and oxygen atoms in total. The summed E-state index contributed by atoms with van der Waals surface area (Å²) < 4.78 is 5.86. The van der Waals surface area contributed by atoms with E-state index in [9.17, 15) is 4.79 Å². The maximum atomic E-state index is 12.7. The molecular weight excluding hydrogens is 332 g/mol. The van der Waals surface area contributed by atoms with Crippen molar-refractivity contribution in [3.63, 3.8) is 0 Å². The maximum absolute atomic E-state index is 12.7. The van der Waals surface area contributed by atoms with Crippen LogP contribution in [0.15, 0.2) is 6.20 Å². The van der Waals surface area contributed by atoms with Crippen LogP contribution in [0.2, 0.25) is 0 Å². The summed E-state index contributed by atoms with van der Waals surface area (Å²) in [5, 5.41) is 24.2. The number of carbonyl (C=O) groups is 1. The van der Waals surface area contributed by atoms with Crippen molar-refractivity contribution >= 4 is 11.7 Å². The Balaban J connectivity index is 1.29. The van der Waals surface area contributed by atoms with Gasteiger partial charge in [-0.3, -0.25) is 4.79 Å². The van der Waals surface area contributed by atoms with Crippen LogP contribution in [0.3, 0.4) is 0 Å². The van der Waals surface area contributed by atoms with E-state index in [1.807, 2.05) is 12.1 Å². The standard InChI is InChI=1S/C18H20N6O2/c19-7-14-15(8-20)24-16(9-21-14)22-12-4-13(5-12)23-17(25)18-3-1-2-11(6-18)10-26-18/h9,11-13H,1-6,10H2,(H,22,24)(H,23,25). The molecule has 26 heavy (non-hydrogen) atoms. The van der Waals surface area contributed by atoms with Gasteiger partial charge in [0.15, 0.2) is 11.4 Å². The van der Waals surface area contributed by atoms with Crippen molar-refractivity contribution in [3.05, 3.63) is 17.6 Å². The summed E-state index contributed by atoms with van der Waals surface area (Å²) in [6.45, 7) is 0.709. The van der Waals surface area contributed by atoms with Crippen molar-refractivity contribution < 1.29 is 9.53 Å². The van der Waals surface area contributed by atoms with Gasteiger partial charge in [-0.05, 0) is 44.4 Å². The molecule has 1 amide bonds. The molecule has 0 aromatic carbocycles. The van der Waals surface area contributed by atoms with Crippen molar-refractivity contribution in [3.8, 4) is 12.1 Å². The summed E-state index contributed by atoms with van der Waals surface area (Å²) in [4.78, 5) is 20.7. The zero-order valence-corrected chi connectivity index (χ0v) is 14.4. The van der Waals surface area contributed by atoms with Crippen molar-refractivity contribution in [2.45, 2.75) is 56.2 Å². The second kappa shape index (κ2) is 6.54. The van der Waals surface area contributed by atoms with E-state index in [2.05, 4.69) is 20.6 Å². The third-order valence-electron chi connectivity index (χ3n) is 5.63. The molecule has 2 aliphatic carbocycles. The minimum Gasteiger partial charge on any atom is -0.366 e. The van der Waals surface area contributed by atoms with Gasteiger partial charge in [-0.1, -0.05) is 0 Å². The Kier molecular flexibility index (Phi) is 4.21. The third-order valence-corrected chi connectivity index (χ3v) is 5.63. The van der Waals surface area contributed by atoms with E-state index >= 15 is 0 Å². The molecule has 2 saturated carbocycles. The average Bonchev–Trinajstić information content (AvgIpc) is 2.94. The highest BCUT2D eigenvalue weighted by molar-refractivity contribution is 5.86. The zero-order valence-electron chi connectivity index (χ0n) is 14.4. The van der Waals surface area contributed by atoms with Crippen LogP contribution in [-0.4, -0.2) is 40.2 Å². The normalized spacial score (nSPS) is 32.0. The van der Waals surface area contributed by atoms with E-state index in [-0.39, 0.29) is 29.4 Å². The van der Waals surface area contributed by atoms with Gasteiger partial charge in [0.25, 0.3) is 5.91 Å². The number of hydrogen-bond donors (Lipinski definition) is 2. The highest BCUT2D eigenvalue weighted by atomic mass is 16.5. The first-order chi connectivity index (χ1) is 12.6. The molecule has 2 atom stereocenters. The Morgan fingerprint density at radius 1 is 1.27 bits per heavy atom. The number of carbonyl (C=O) groups excluding carboxylic acids is 1. The molecule has 8 heteroatoms. The summed E-state index contributed by atoms with van der Waals surface area (Å²) in [6, 6.07) is 4.01. The third kappa shape index (κ3) is 2.97. The van der Waals surface area contributed by atoms with E-state index in [1.165, 1.54) is 12.6 Å². The highest BCUT2D eigenvalue weighted by Crippen LogP contribution is 2.42. The van der Waals surface area contributed by atoms with Gasteiger partial charge in [-0.2, -0.15) is 10.5 Å². The van der Waals surface area contributed by atoms with Crippen LogP contribution >= 0.6 is 0 Å². The average molecular weight is 352 g/mol. The molecule has 1 aromatic rings. The Bertz CT molecular complexity index is 803. The van der Waals surface area contributed by atoms with E-state index < -0.39 is 5.60 Å². The van der Waals surface area contributed by atoms with E-state index in [4.69, 9.17) is 15.3 Å². The lowest BCUT2D eigenvalue weighted by atomic mass is 9.79. The SMILES string of the molecule is N#Cc1ncc(NC2CC(NC(=O)C34CCCC(CO3)C4)C2)nc1C#N. The van der Waals surface area contributed by atoms with Crippen molar-refractivity contribution in [1.29, 1.82) is 10.5 Å². The maximum Gasteiger partial charge on any atom is 0.252 e. The Hall–Kier alpha value is -2.71. The minimum absolute atomic E-state index is 0.0195. The molecule has 2 unspecified atom stereocenters. The monoisotopic (exact) mass is 352 g/mol.